The van der Waals surface area contributed by atoms with E-state index in [2.05, 4.69) is 27.3 Å². The molecule has 0 heterocycles. The molecule has 0 spiro atoms. The van der Waals surface area contributed by atoms with E-state index in [1.54, 1.807) is 11.9 Å². The molecule has 140 valence electrons. The quantitative estimate of drug-likeness (QED) is 0.420. The van der Waals surface area contributed by atoms with Gasteiger partial charge in [0, 0.05) is 41.3 Å². The van der Waals surface area contributed by atoms with Crippen LogP contribution in [0.4, 0.5) is 0 Å². The van der Waals surface area contributed by atoms with Crippen molar-refractivity contribution in [2.45, 2.75) is 32.2 Å². The molecule has 0 saturated heterocycles. The number of nitrogens with zero attached hydrogens (tertiary/aromatic N) is 3. The largest absolute Gasteiger partial charge is 0.355 e. The fraction of sp³-hybridized carbons (Fsp3) is 0.579. The van der Waals surface area contributed by atoms with Crippen molar-refractivity contribution < 1.29 is 4.79 Å². The Morgan fingerprint density at radius 1 is 1.16 bits per heavy atom. The SMILES string of the molecule is CN=C(NCC1(C(=O)N(C)C)CCCC1)N(C)Cc1ccccc1.I. The van der Waals surface area contributed by atoms with Gasteiger partial charge in [-0.3, -0.25) is 9.79 Å². The average Bonchev–Trinajstić information content (AvgIpc) is 3.05. The fourth-order valence-electron chi connectivity index (χ4n) is 3.56. The molecule has 0 atom stereocenters. The summed E-state index contributed by atoms with van der Waals surface area (Å²) in [6.45, 7) is 1.44. The normalized spacial score (nSPS) is 16.1. The van der Waals surface area contributed by atoms with Gasteiger partial charge < -0.3 is 15.1 Å². The summed E-state index contributed by atoms with van der Waals surface area (Å²) in [4.78, 5) is 20.9. The Morgan fingerprint density at radius 3 is 2.28 bits per heavy atom. The van der Waals surface area contributed by atoms with Gasteiger partial charge in [-0.2, -0.15) is 0 Å². The zero-order valence-electron chi connectivity index (χ0n) is 15.8. The smallest absolute Gasteiger partial charge is 0.230 e. The van der Waals surface area contributed by atoms with Crippen molar-refractivity contribution in [2.75, 3.05) is 34.7 Å². The van der Waals surface area contributed by atoms with Gasteiger partial charge in [-0.25, -0.2) is 0 Å². The first-order valence-corrected chi connectivity index (χ1v) is 8.66. The van der Waals surface area contributed by atoms with Crippen LogP contribution < -0.4 is 5.32 Å². The zero-order chi connectivity index (χ0) is 17.6. The van der Waals surface area contributed by atoms with Gasteiger partial charge in [-0.15, -0.1) is 24.0 Å². The Balaban J connectivity index is 0.00000312. The molecule has 1 saturated carbocycles. The van der Waals surface area contributed by atoms with Crippen molar-refractivity contribution in [3.63, 3.8) is 0 Å². The second kappa shape index (κ2) is 9.99. The molecule has 0 aliphatic heterocycles. The lowest BCUT2D eigenvalue weighted by Crippen LogP contribution is -2.49. The van der Waals surface area contributed by atoms with Crippen LogP contribution in [0.5, 0.6) is 0 Å². The number of rotatable bonds is 5. The van der Waals surface area contributed by atoms with Crippen molar-refractivity contribution in [1.82, 2.24) is 15.1 Å². The molecule has 1 N–H and O–H groups in total. The van der Waals surface area contributed by atoms with Crippen LogP contribution in [0.3, 0.4) is 0 Å². The number of halogens is 1. The van der Waals surface area contributed by atoms with Gasteiger partial charge >= 0.3 is 0 Å². The predicted octanol–water partition coefficient (Wildman–Crippen LogP) is 2.96. The lowest BCUT2D eigenvalue weighted by molar-refractivity contribution is -0.138. The first-order chi connectivity index (χ1) is 11.5. The van der Waals surface area contributed by atoms with Crippen molar-refractivity contribution in [1.29, 1.82) is 0 Å². The number of hydrogen-bond donors (Lipinski definition) is 1. The predicted molar refractivity (Wildman–Crippen MR) is 114 cm³/mol. The van der Waals surface area contributed by atoms with Crippen molar-refractivity contribution in [3.05, 3.63) is 35.9 Å². The maximum Gasteiger partial charge on any atom is 0.230 e. The van der Waals surface area contributed by atoms with Crippen LogP contribution in [0, 0.1) is 5.41 Å². The summed E-state index contributed by atoms with van der Waals surface area (Å²) in [5.74, 6) is 1.06. The van der Waals surface area contributed by atoms with Crippen molar-refractivity contribution >= 4 is 35.8 Å². The van der Waals surface area contributed by atoms with Crippen LogP contribution >= 0.6 is 24.0 Å². The molecule has 5 nitrogen and oxygen atoms in total. The number of nitrogens with one attached hydrogen (secondary N) is 1. The summed E-state index contributed by atoms with van der Waals surface area (Å²) in [6.07, 6.45) is 4.16. The standard InChI is InChI=1S/C19H30N4O.HI/c1-20-18(23(4)14-16-10-6-5-7-11-16)21-15-19(12-8-9-13-19)17(24)22(2)3;/h5-7,10-11H,8-9,12-15H2,1-4H3,(H,20,21);1H. The highest BCUT2D eigenvalue weighted by Crippen LogP contribution is 2.38. The van der Waals surface area contributed by atoms with Gasteiger partial charge in [0.15, 0.2) is 5.96 Å². The van der Waals surface area contributed by atoms with E-state index in [1.807, 2.05) is 39.3 Å². The van der Waals surface area contributed by atoms with Crippen molar-refractivity contribution in [3.8, 4) is 0 Å². The summed E-state index contributed by atoms with van der Waals surface area (Å²) in [6, 6.07) is 10.3. The Bertz CT molecular complexity index is 568. The highest BCUT2D eigenvalue weighted by atomic mass is 127. The van der Waals surface area contributed by atoms with E-state index in [0.29, 0.717) is 6.54 Å². The van der Waals surface area contributed by atoms with E-state index in [9.17, 15) is 4.79 Å². The minimum atomic E-state index is -0.285. The van der Waals surface area contributed by atoms with E-state index in [4.69, 9.17) is 0 Å². The average molecular weight is 458 g/mol. The fourth-order valence-corrected chi connectivity index (χ4v) is 3.56. The molecule has 6 heteroatoms. The van der Waals surface area contributed by atoms with E-state index in [0.717, 1.165) is 38.2 Å². The second-order valence-electron chi connectivity index (χ2n) is 6.93. The summed E-state index contributed by atoms with van der Waals surface area (Å²) in [5, 5.41) is 3.44. The van der Waals surface area contributed by atoms with Gasteiger partial charge in [0.2, 0.25) is 5.91 Å². The number of carbonyl (C=O) groups is 1. The molecule has 1 aromatic rings. The van der Waals surface area contributed by atoms with Crippen LogP contribution in [0.1, 0.15) is 31.2 Å². The third kappa shape index (κ3) is 5.59. The first kappa shape index (κ1) is 21.7. The molecule has 0 bridgehead atoms. The lowest BCUT2D eigenvalue weighted by Gasteiger charge is -2.32. The van der Waals surface area contributed by atoms with E-state index in [1.165, 1.54) is 5.56 Å². The summed E-state index contributed by atoms with van der Waals surface area (Å²) in [5.41, 5.74) is 0.954. The van der Waals surface area contributed by atoms with Crippen LogP contribution in [-0.2, 0) is 11.3 Å². The molecule has 0 radical (unpaired) electrons. The third-order valence-corrected chi connectivity index (χ3v) is 4.84. The minimum Gasteiger partial charge on any atom is -0.355 e. The summed E-state index contributed by atoms with van der Waals surface area (Å²) < 4.78 is 0. The summed E-state index contributed by atoms with van der Waals surface area (Å²) >= 11 is 0. The first-order valence-electron chi connectivity index (χ1n) is 8.66. The number of amides is 1. The molecule has 2 rings (SSSR count). The van der Waals surface area contributed by atoms with Crippen LogP contribution in [0.2, 0.25) is 0 Å². The van der Waals surface area contributed by atoms with Gasteiger partial charge in [0.1, 0.15) is 0 Å². The van der Waals surface area contributed by atoms with Crippen molar-refractivity contribution in [2.24, 2.45) is 10.4 Å². The molecule has 1 aliphatic rings. The zero-order valence-corrected chi connectivity index (χ0v) is 18.1. The Morgan fingerprint density at radius 2 is 1.76 bits per heavy atom. The van der Waals surface area contributed by atoms with E-state index in [-0.39, 0.29) is 35.3 Å². The molecule has 25 heavy (non-hydrogen) atoms. The van der Waals surface area contributed by atoms with E-state index < -0.39 is 0 Å². The highest BCUT2D eigenvalue weighted by Gasteiger charge is 2.42. The molecular weight excluding hydrogens is 427 g/mol. The number of hydrogen-bond acceptors (Lipinski definition) is 2. The van der Waals surface area contributed by atoms with Gasteiger partial charge in [0.05, 0.1) is 5.41 Å². The number of guanidine groups is 1. The third-order valence-electron chi connectivity index (χ3n) is 4.84. The number of benzene rings is 1. The topological polar surface area (TPSA) is 47.9 Å². The van der Waals surface area contributed by atoms with Gasteiger partial charge in [0.25, 0.3) is 0 Å². The maximum atomic E-state index is 12.7. The monoisotopic (exact) mass is 458 g/mol. The van der Waals surface area contributed by atoms with Gasteiger partial charge in [-0.05, 0) is 18.4 Å². The molecule has 0 unspecified atom stereocenters. The Kier molecular flexibility index (Phi) is 8.68. The van der Waals surface area contributed by atoms with Crippen LogP contribution in [0.15, 0.2) is 35.3 Å². The molecule has 1 amide bonds. The second-order valence-corrected chi connectivity index (χ2v) is 6.93. The Hall–Kier alpha value is -1.31. The lowest BCUT2D eigenvalue weighted by atomic mass is 9.84. The summed E-state index contributed by atoms with van der Waals surface area (Å²) in [7, 11) is 7.51. The minimum absolute atomic E-state index is 0. The Labute approximate surface area is 168 Å². The van der Waals surface area contributed by atoms with Gasteiger partial charge in [-0.1, -0.05) is 43.2 Å². The number of carbonyl (C=O) groups excluding carboxylic acids is 1. The number of aliphatic imine (C=N–C) groups is 1. The molecule has 1 aliphatic carbocycles. The molecular formula is C19H31IN4O. The molecule has 0 aromatic heterocycles. The maximum absolute atomic E-state index is 12.7. The van der Waals surface area contributed by atoms with Crippen LogP contribution in [-0.4, -0.2) is 56.4 Å². The van der Waals surface area contributed by atoms with Crippen LogP contribution in [0.25, 0.3) is 0 Å². The molecule has 1 aromatic carbocycles. The highest BCUT2D eigenvalue weighted by molar-refractivity contribution is 14.0. The molecule has 1 fully saturated rings. The van der Waals surface area contributed by atoms with E-state index >= 15 is 0 Å².